The molecule has 0 spiro atoms. The number of aromatic nitrogens is 3. The van der Waals surface area contributed by atoms with Crippen molar-refractivity contribution in [1.29, 1.82) is 0 Å². The van der Waals surface area contributed by atoms with Crippen LogP contribution < -0.4 is 4.74 Å². The third kappa shape index (κ3) is 4.16. The average molecular weight is 317 g/mol. The Morgan fingerprint density at radius 1 is 1.26 bits per heavy atom. The number of ether oxygens (including phenoxy) is 1. The Bertz CT molecular complexity index is 645. The Labute approximate surface area is 136 Å². The van der Waals surface area contributed by atoms with Gasteiger partial charge in [-0.2, -0.15) is 5.10 Å². The average Bonchev–Trinajstić information content (AvgIpc) is 2.97. The van der Waals surface area contributed by atoms with Crippen LogP contribution in [0.25, 0.3) is 0 Å². The highest BCUT2D eigenvalue weighted by molar-refractivity contribution is 5.94. The van der Waals surface area contributed by atoms with Gasteiger partial charge >= 0.3 is 0 Å². The number of ketones is 1. The molecule has 1 aromatic heterocycles. The number of hydrogen-bond donors (Lipinski definition) is 1. The van der Waals surface area contributed by atoms with Crippen LogP contribution in [0.2, 0.25) is 0 Å². The molecule has 2 aromatic rings. The molecule has 1 N–H and O–H groups in total. The summed E-state index contributed by atoms with van der Waals surface area (Å²) in [4.78, 5) is 15.2. The highest BCUT2D eigenvalue weighted by atomic mass is 16.5. The monoisotopic (exact) mass is 317 g/mol. The minimum atomic E-state index is -1.13. The third-order valence-corrected chi connectivity index (χ3v) is 4.02. The zero-order valence-electron chi connectivity index (χ0n) is 14.0. The van der Waals surface area contributed by atoms with Gasteiger partial charge in [0.25, 0.3) is 0 Å². The number of aliphatic hydroxyl groups is 1. The number of nitrogens with zero attached hydrogens (tertiary/aromatic N) is 3. The normalized spacial score (nSPS) is 14.3. The molecule has 1 unspecified atom stereocenters. The van der Waals surface area contributed by atoms with E-state index in [1.54, 1.807) is 35.3 Å². The standard InChI is InChI=1S/C17H23N3O3/c1-13(21)14-5-7-15(8-6-14)23-10-17(22,16(2,3)4)9-20-12-18-11-19-20/h5-8,11-12,22H,9-10H2,1-4H3. The lowest BCUT2D eigenvalue weighted by molar-refractivity contribution is -0.101. The number of carbonyl (C=O) groups excluding carboxylic acids is 1. The van der Waals surface area contributed by atoms with Gasteiger partial charge < -0.3 is 9.84 Å². The van der Waals surface area contributed by atoms with E-state index in [-0.39, 0.29) is 18.9 Å². The molecule has 0 saturated carbocycles. The van der Waals surface area contributed by atoms with Gasteiger partial charge in [0.2, 0.25) is 0 Å². The fourth-order valence-electron chi connectivity index (χ4n) is 2.07. The topological polar surface area (TPSA) is 77.2 Å². The van der Waals surface area contributed by atoms with Crippen LogP contribution in [0, 0.1) is 5.41 Å². The van der Waals surface area contributed by atoms with Gasteiger partial charge in [0.05, 0.1) is 6.54 Å². The SMILES string of the molecule is CC(=O)c1ccc(OCC(O)(Cn2cncn2)C(C)(C)C)cc1. The fraction of sp³-hybridized carbons (Fsp3) is 0.471. The van der Waals surface area contributed by atoms with E-state index in [1.165, 1.54) is 13.3 Å². The molecule has 0 saturated heterocycles. The summed E-state index contributed by atoms with van der Waals surface area (Å²) in [5.74, 6) is 0.616. The molecule has 0 aliphatic rings. The first-order chi connectivity index (χ1) is 10.7. The van der Waals surface area contributed by atoms with Gasteiger partial charge in [-0.15, -0.1) is 0 Å². The lowest BCUT2D eigenvalue weighted by atomic mass is 9.77. The van der Waals surface area contributed by atoms with Crippen molar-refractivity contribution in [2.45, 2.75) is 39.8 Å². The second kappa shape index (κ2) is 6.50. The summed E-state index contributed by atoms with van der Waals surface area (Å²) in [6.45, 7) is 7.76. The van der Waals surface area contributed by atoms with Crippen molar-refractivity contribution in [1.82, 2.24) is 14.8 Å². The molecule has 23 heavy (non-hydrogen) atoms. The van der Waals surface area contributed by atoms with Crippen LogP contribution in [0.4, 0.5) is 0 Å². The van der Waals surface area contributed by atoms with Crippen LogP contribution in [0.1, 0.15) is 38.1 Å². The highest BCUT2D eigenvalue weighted by Gasteiger charge is 2.41. The summed E-state index contributed by atoms with van der Waals surface area (Å²) in [7, 11) is 0. The van der Waals surface area contributed by atoms with Crippen molar-refractivity contribution >= 4 is 5.78 Å². The molecule has 0 amide bonds. The van der Waals surface area contributed by atoms with E-state index < -0.39 is 11.0 Å². The summed E-state index contributed by atoms with van der Waals surface area (Å²) < 4.78 is 7.35. The maximum atomic E-state index is 11.3. The predicted octanol–water partition coefficient (Wildman–Crippen LogP) is 2.34. The van der Waals surface area contributed by atoms with Crippen LogP contribution in [0.3, 0.4) is 0 Å². The second-order valence-corrected chi connectivity index (χ2v) is 6.74. The number of Topliss-reactive ketones (excluding diaryl/α,β-unsaturated/α-hetero) is 1. The number of benzene rings is 1. The Kier molecular flexibility index (Phi) is 4.85. The molecule has 0 radical (unpaired) electrons. The highest BCUT2D eigenvalue weighted by Crippen LogP contribution is 2.32. The molecule has 1 heterocycles. The van der Waals surface area contributed by atoms with Crippen molar-refractivity contribution in [2.75, 3.05) is 6.61 Å². The first kappa shape index (κ1) is 17.1. The van der Waals surface area contributed by atoms with Gasteiger partial charge in [-0.25, -0.2) is 9.67 Å². The summed E-state index contributed by atoms with van der Waals surface area (Å²) in [6, 6.07) is 6.89. The van der Waals surface area contributed by atoms with Crippen LogP contribution in [-0.2, 0) is 6.54 Å². The van der Waals surface area contributed by atoms with Gasteiger partial charge in [0, 0.05) is 5.56 Å². The Balaban J connectivity index is 2.10. The third-order valence-electron chi connectivity index (χ3n) is 4.02. The van der Waals surface area contributed by atoms with E-state index in [4.69, 9.17) is 4.74 Å². The summed E-state index contributed by atoms with van der Waals surface area (Å²) >= 11 is 0. The van der Waals surface area contributed by atoms with Gasteiger partial charge in [-0.3, -0.25) is 4.79 Å². The van der Waals surface area contributed by atoms with Gasteiger partial charge in [-0.05, 0) is 36.6 Å². The van der Waals surface area contributed by atoms with Gasteiger partial charge in [-0.1, -0.05) is 20.8 Å². The van der Waals surface area contributed by atoms with Crippen molar-refractivity contribution in [3.8, 4) is 5.75 Å². The molecule has 6 heteroatoms. The maximum Gasteiger partial charge on any atom is 0.159 e. The largest absolute Gasteiger partial charge is 0.490 e. The van der Waals surface area contributed by atoms with E-state index in [0.717, 1.165) is 0 Å². The van der Waals surface area contributed by atoms with Crippen molar-refractivity contribution in [2.24, 2.45) is 5.41 Å². The van der Waals surface area contributed by atoms with E-state index in [0.29, 0.717) is 11.3 Å². The van der Waals surface area contributed by atoms with Crippen molar-refractivity contribution < 1.29 is 14.6 Å². The van der Waals surface area contributed by atoms with Crippen molar-refractivity contribution in [3.05, 3.63) is 42.5 Å². The molecular formula is C17H23N3O3. The smallest absolute Gasteiger partial charge is 0.159 e. The molecule has 0 fully saturated rings. The molecule has 2 rings (SSSR count). The quantitative estimate of drug-likeness (QED) is 0.827. The van der Waals surface area contributed by atoms with Crippen LogP contribution >= 0.6 is 0 Å². The van der Waals surface area contributed by atoms with E-state index in [1.807, 2.05) is 20.8 Å². The molecular weight excluding hydrogens is 294 g/mol. The van der Waals surface area contributed by atoms with Gasteiger partial charge in [0.1, 0.15) is 30.6 Å². The zero-order valence-corrected chi connectivity index (χ0v) is 14.0. The second-order valence-electron chi connectivity index (χ2n) is 6.74. The van der Waals surface area contributed by atoms with Gasteiger partial charge in [0.15, 0.2) is 5.78 Å². The molecule has 1 atom stereocenters. The first-order valence-corrected chi connectivity index (χ1v) is 7.50. The number of rotatable bonds is 6. The predicted molar refractivity (Wildman–Crippen MR) is 86.4 cm³/mol. The Hall–Kier alpha value is -2.21. The summed E-state index contributed by atoms with van der Waals surface area (Å²) in [6.07, 6.45) is 3.00. The molecule has 0 aliphatic heterocycles. The molecule has 1 aromatic carbocycles. The summed E-state index contributed by atoms with van der Waals surface area (Å²) in [5.41, 5.74) is -0.913. The molecule has 6 nitrogen and oxygen atoms in total. The van der Waals surface area contributed by atoms with Crippen LogP contribution in [0.5, 0.6) is 5.75 Å². The zero-order chi connectivity index (χ0) is 17.1. The Morgan fingerprint density at radius 3 is 2.39 bits per heavy atom. The first-order valence-electron chi connectivity index (χ1n) is 7.50. The lowest BCUT2D eigenvalue weighted by Gasteiger charge is -2.39. The number of hydrogen-bond acceptors (Lipinski definition) is 5. The van der Waals surface area contributed by atoms with Crippen molar-refractivity contribution in [3.63, 3.8) is 0 Å². The van der Waals surface area contributed by atoms with E-state index in [2.05, 4.69) is 10.1 Å². The Morgan fingerprint density at radius 2 is 1.91 bits per heavy atom. The molecule has 0 aliphatic carbocycles. The fourth-order valence-corrected chi connectivity index (χ4v) is 2.07. The number of carbonyl (C=O) groups is 1. The molecule has 124 valence electrons. The maximum absolute atomic E-state index is 11.3. The summed E-state index contributed by atoms with van der Waals surface area (Å²) in [5, 5.41) is 15.1. The lowest BCUT2D eigenvalue weighted by Crippen LogP contribution is -2.51. The van der Waals surface area contributed by atoms with E-state index >= 15 is 0 Å². The molecule has 0 bridgehead atoms. The van der Waals surface area contributed by atoms with Crippen LogP contribution in [-0.4, -0.2) is 37.9 Å². The van der Waals surface area contributed by atoms with Crippen LogP contribution in [0.15, 0.2) is 36.9 Å². The van der Waals surface area contributed by atoms with E-state index in [9.17, 15) is 9.90 Å². The minimum Gasteiger partial charge on any atom is -0.490 e. The minimum absolute atomic E-state index is 0.00827.